The first-order valence-corrected chi connectivity index (χ1v) is 8.86. The molecule has 1 aliphatic rings. The molecule has 0 bridgehead atoms. The van der Waals surface area contributed by atoms with Gasteiger partial charge in [-0.3, -0.25) is 14.3 Å². The minimum atomic E-state index is -0.469. The standard InChI is InChI=1S/C17H20N4O2S/c1-11-4-5-14(12(2)6-11)19-16(22)15-9-24-10-21(15)17(23)13-7-18-20(3)8-13/h4-8,15H,9-10H2,1-3H3,(H,19,22)/t15-/m0/s1. The Balaban J connectivity index is 1.75. The van der Waals surface area contributed by atoms with Gasteiger partial charge in [-0.25, -0.2) is 0 Å². The summed E-state index contributed by atoms with van der Waals surface area (Å²) in [6.45, 7) is 3.98. The van der Waals surface area contributed by atoms with Crippen LogP contribution in [0.3, 0.4) is 0 Å². The molecule has 1 fully saturated rings. The molecule has 1 saturated heterocycles. The van der Waals surface area contributed by atoms with E-state index in [0.717, 1.165) is 16.8 Å². The molecule has 1 aromatic heterocycles. The van der Waals surface area contributed by atoms with Crippen molar-refractivity contribution in [1.29, 1.82) is 0 Å². The maximum absolute atomic E-state index is 12.7. The molecule has 7 heteroatoms. The molecule has 1 atom stereocenters. The SMILES string of the molecule is Cc1ccc(NC(=O)[C@@H]2CSCN2C(=O)c2cnn(C)c2)c(C)c1. The summed E-state index contributed by atoms with van der Waals surface area (Å²) in [6, 6.07) is 5.42. The number of carbonyl (C=O) groups excluding carboxylic acids is 2. The zero-order chi connectivity index (χ0) is 17.3. The highest BCUT2D eigenvalue weighted by atomic mass is 32.2. The maximum Gasteiger partial charge on any atom is 0.258 e. The van der Waals surface area contributed by atoms with Gasteiger partial charge in [0.25, 0.3) is 5.91 Å². The van der Waals surface area contributed by atoms with E-state index in [1.54, 1.807) is 34.6 Å². The third-order valence-electron chi connectivity index (χ3n) is 4.04. The largest absolute Gasteiger partial charge is 0.324 e. The average molecular weight is 344 g/mol. The molecule has 0 spiro atoms. The van der Waals surface area contributed by atoms with Crippen molar-refractivity contribution in [3.63, 3.8) is 0 Å². The van der Waals surface area contributed by atoms with Crippen LogP contribution < -0.4 is 5.32 Å². The van der Waals surface area contributed by atoms with E-state index in [1.807, 2.05) is 32.0 Å². The second kappa shape index (κ2) is 6.68. The number of aryl methyl sites for hydroxylation is 3. The molecule has 2 amide bonds. The van der Waals surface area contributed by atoms with E-state index in [0.29, 0.717) is 17.2 Å². The Hall–Kier alpha value is -2.28. The second-order valence-corrected chi connectivity index (χ2v) is 7.00. The molecular formula is C17H20N4O2S. The maximum atomic E-state index is 12.7. The van der Waals surface area contributed by atoms with Gasteiger partial charge in [0, 0.05) is 24.7 Å². The van der Waals surface area contributed by atoms with Crippen LogP contribution in [0.1, 0.15) is 21.5 Å². The highest BCUT2D eigenvalue weighted by molar-refractivity contribution is 7.99. The van der Waals surface area contributed by atoms with Gasteiger partial charge in [0.1, 0.15) is 6.04 Å². The van der Waals surface area contributed by atoms with E-state index in [1.165, 1.54) is 6.20 Å². The fourth-order valence-electron chi connectivity index (χ4n) is 2.73. The lowest BCUT2D eigenvalue weighted by Gasteiger charge is -2.23. The van der Waals surface area contributed by atoms with Crippen molar-refractivity contribution in [2.24, 2.45) is 7.05 Å². The molecule has 6 nitrogen and oxygen atoms in total. The molecule has 0 unspecified atom stereocenters. The summed E-state index contributed by atoms with van der Waals surface area (Å²) < 4.78 is 1.58. The zero-order valence-corrected chi connectivity index (χ0v) is 14.8. The quantitative estimate of drug-likeness (QED) is 0.927. The Kier molecular flexibility index (Phi) is 4.62. The van der Waals surface area contributed by atoms with Crippen molar-refractivity contribution in [3.05, 3.63) is 47.3 Å². The van der Waals surface area contributed by atoms with Gasteiger partial charge >= 0.3 is 0 Å². The Morgan fingerprint density at radius 2 is 2.12 bits per heavy atom. The number of hydrogen-bond acceptors (Lipinski definition) is 4. The van der Waals surface area contributed by atoms with Crippen LogP contribution in [-0.2, 0) is 11.8 Å². The van der Waals surface area contributed by atoms with Crippen molar-refractivity contribution in [2.45, 2.75) is 19.9 Å². The number of amides is 2. The molecule has 24 heavy (non-hydrogen) atoms. The molecule has 2 aromatic rings. The summed E-state index contributed by atoms with van der Waals surface area (Å²) in [6.07, 6.45) is 3.20. The smallest absolute Gasteiger partial charge is 0.258 e. The Morgan fingerprint density at radius 1 is 1.33 bits per heavy atom. The highest BCUT2D eigenvalue weighted by Gasteiger charge is 2.35. The lowest BCUT2D eigenvalue weighted by atomic mass is 10.1. The lowest BCUT2D eigenvalue weighted by molar-refractivity contribution is -0.119. The molecule has 126 valence electrons. The van der Waals surface area contributed by atoms with Crippen LogP contribution in [0.5, 0.6) is 0 Å². The molecule has 0 saturated carbocycles. The van der Waals surface area contributed by atoms with Gasteiger partial charge in [0.2, 0.25) is 5.91 Å². The minimum absolute atomic E-state index is 0.149. The molecule has 1 aliphatic heterocycles. The number of hydrogen-bond donors (Lipinski definition) is 1. The van der Waals surface area contributed by atoms with Crippen LogP contribution in [0.15, 0.2) is 30.6 Å². The summed E-state index contributed by atoms with van der Waals surface area (Å²) in [5.41, 5.74) is 3.45. The number of carbonyl (C=O) groups is 2. The number of aromatic nitrogens is 2. The summed E-state index contributed by atoms with van der Waals surface area (Å²) in [4.78, 5) is 26.9. The van der Waals surface area contributed by atoms with Crippen molar-refractivity contribution < 1.29 is 9.59 Å². The number of benzene rings is 1. The summed E-state index contributed by atoms with van der Waals surface area (Å²) in [5, 5.41) is 6.98. The topological polar surface area (TPSA) is 67.2 Å². The van der Waals surface area contributed by atoms with Gasteiger partial charge in [-0.05, 0) is 25.5 Å². The molecule has 1 aromatic carbocycles. The highest BCUT2D eigenvalue weighted by Crippen LogP contribution is 2.25. The van der Waals surface area contributed by atoms with Crippen LogP contribution in [0.4, 0.5) is 5.69 Å². The van der Waals surface area contributed by atoms with Crippen LogP contribution in [0.2, 0.25) is 0 Å². The van der Waals surface area contributed by atoms with Crippen LogP contribution >= 0.6 is 11.8 Å². The average Bonchev–Trinajstić information content (AvgIpc) is 3.18. The van der Waals surface area contributed by atoms with E-state index in [4.69, 9.17) is 0 Å². The number of anilines is 1. The van der Waals surface area contributed by atoms with Gasteiger partial charge in [-0.15, -0.1) is 11.8 Å². The van der Waals surface area contributed by atoms with Crippen LogP contribution in [0.25, 0.3) is 0 Å². The summed E-state index contributed by atoms with van der Waals surface area (Å²) in [5.74, 6) is 0.805. The van der Waals surface area contributed by atoms with Crippen molar-refractivity contribution in [2.75, 3.05) is 16.9 Å². The van der Waals surface area contributed by atoms with E-state index < -0.39 is 6.04 Å². The zero-order valence-electron chi connectivity index (χ0n) is 13.9. The number of nitrogens with one attached hydrogen (secondary N) is 1. The predicted octanol–water partition coefficient (Wildman–Crippen LogP) is 2.19. The minimum Gasteiger partial charge on any atom is -0.324 e. The van der Waals surface area contributed by atoms with Crippen LogP contribution in [0, 0.1) is 13.8 Å². The van der Waals surface area contributed by atoms with Gasteiger partial charge in [-0.1, -0.05) is 17.7 Å². The first-order chi connectivity index (χ1) is 11.5. The summed E-state index contributed by atoms with van der Waals surface area (Å²) in [7, 11) is 1.76. The lowest BCUT2D eigenvalue weighted by Crippen LogP contribution is -2.44. The third kappa shape index (κ3) is 3.31. The molecule has 2 heterocycles. The van der Waals surface area contributed by atoms with Gasteiger partial charge in [0.05, 0.1) is 17.6 Å². The monoisotopic (exact) mass is 344 g/mol. The van der Waals surface area contributed by atoms with Gasteiger partial charge in [0.15, 0.2) is 0 Å². The van der Waals surface area contributed by atoms with Crippen molar-refractivity contribution in [3.8, 4) is 0 Å². The molecule has 3 rings (SSSR count). The predicted molar refractivity (Wildman–Crippen MR) is 95.0 cm³/mol. The fraction of sp³-hybridized carbons (Fsp3) is 0.353. The molecule has 0 aliphatic carbocycles. The first kappa shape index (κ1) is 16.6. The number of nitrogens with zero attached hydrogens (tertiary/aromatic N) is 3. The molecule has 0 radical (unpaired) electrons. The second-order valence-electron chi connectivity index (χ2n) is 6.00. The third-order valence-corrected chi connectivity index (χ3v) is 5.05. The van der Waals surface area contributed by atoms with E-state index in [2.05, 4.69) is 10.4 Å². The molecular weight excluding hydrogens is 324 g/mol. The normalized spacial score (nSPS) is 17.1. The van der Waals surface area contributed by atoms with Crippen molar-refractivity contribution >= 4 is 29.3 Å². The van der Waals surface area contributed by atoms with Crippen LogP contribution in [-0.4, -0.2) is 44.2 Å². The number of rotatable bonds is 3. The van der Waals surface area contributed by atoms with E-state index in [9.17, 15) is 9.59 Å². The first-order valence-electron chi connectivity index (χ1n) is 7.71. The van der Waals surface area contributed by atoms with Crippen molar-refractivity contribution in [1.82, 2.24) is 14.7 Å². The summed E-state index contributed by atoms with van der Waals surface area (Å²) >= 11 is 1.58. The van der Waals surface area contributed by atoms with E-state index in [-0.39, 0.29) is 11.8 Å². The Morgan fingerprint density at radius 3 is 2.79 bits per heavy atom. The van der Waals surface area contributed by atoms with Gasteiger partial charge in [-0.2, -0.15) is 5.10 Å². The van der Waals surface area contributed by atoms with Gasteiger partial charge < -0.3 is 10.2 Å². The Bertz CT molecular complexity index is 787. The number of thioether (sulfide) groups is 1. The fourth-order valence-corrected chi connectivity index (χ4v) is 3.88. The molecule has 1 N–H and O–H groups in total. The Labute approximate surface area is 145 Å². The van der Waals surface area contributed by atoms with E-state index >= 15 is 0 Å².